The van der Waals surface area contributed by atoms with Crippen LogP contribution in [0.25, 0.3) is 10.9 Å². The first-order valence-electron chi connectivity index (χ1n) is 5.41. The highest BCUT2D eigenvalue weighted by atomic mass is 35.5. The summed E-state index contributed by atoms with van der Waals surface area (Å²) in [6.07, 6.45) is 0.861. The molecule has 0 saturated heterocycles. The summed E-state index contributed by atoms with van der Waals surface area (Å²) >= 11 is 6.11. The standard InChI is InChI=1S/C13H13ClN2O/c1-8-7-9(5-6-12(15)17)16-13-10(8)3-2-4-11(13)14/h2-4,7H,5-6H2,1H3,(H2,15,17). The maximum atomic E-state index is 10.8. The molecular weight excluding hydrogens is 236 g/mol. The fraction of sp³-hybridized carbons (Fsp3) is 0.231. The van der Waals surface area contributed by atoms with E-state index in [2.05, 4.69) is 4.98 Å². The molecule has 1 aromatic heterocycles. The van der Waals surface area contributed by atoms with Crippen LogP contribution < -0.4 is 5.73 Å². The summed E-state index contributed by atoms with van der Waals surface area (Å²) in [7, 11) is 0. The van der Waals surface area contributed by atoms with Gasteiger partial charge in [0.05, 0.1) is 10.5 Å². The maximum Gasteiger partial charge on any atom is 0.217 e. The van der Waals surface area contributed by atoms with Crippen LogP contribution in [0.2, 0.25) is 5.02 Å². The van der Waals surface area contributed by atoms with Crippen molar-refractivity contribution in [2.75, 3.05) is 0 Å². The molecule has 0 unspecified atom stereocenters. The number of fused-ring (bicyclic) bond motifs is 1. The van der Waals surface area contributed by atoms with Crippen LogP contribution in [0.5, 0.6) is 0 Å². The predicted octanol–water partition coefficient (Wildman–Crippen LogP) is 2.61. The van der Waals surface area contributed by atoms with Crippen molar-refractivity contribution >= 4 is 28.4 Å². The van der Waals surface area contributed by atoms with Gasteiger partial charge in [0, 0.05) is 17.5 Å². The van der Waals surface area contributed by atoms with Crippen LogP contribution >= 0.6 is 11.6 Å². The fourth-order valence-corrected chi connectivity index (χ4v) is 2.05. The first-order chi connectivity index (χ1) is 8.08. The quantitative estimate of drug-likeness (QED) is 0.908. The molecule has 0 atom stereocenters. The van der Waals surface area contributed by atoms with Crippen LogP contribution in [0.1, 0.15) is 17.7 Å². The molecule has 1 heterocycles. The van der Waals surface area contributed by atoms with Crippen molar-refractivity contribution in [1.82, 2.24) is 4.98 Å². The molecule has 0 aliphatic carbocycles. The van der Waals surface area contributed by atoms with Crippen molar-refractivity contribution in [2.24, 2.45) is 5.73 Å². The van der Waals surface area contributed by atoms with Crippen LogP contribution in [0.3, 0.4) is 0 Å². The van der Waals surface area contributed by atoms with E-state index < -0.39 is 0 Å². The average Bonchev–Trinajstić information content (AvgIpc) is 2.28. The molecule has 88 valence electrons. The van der Waals surface area contributed by atoms with Crippen LogP contribution in [-0.4, -0.2) is 10.9 Å². The van der Waals surface area contributed by atoms with Gasteiger partial charge in [-0.3, -0.25) is 9.78 Å². The van der Waals surface area contributed by atoms with Gasteiger partial charge in [0.2, 0.25) is 5.91 Å². The predicted molar refractivity (Wildman–Crippen MR) is 69.0 cm³/mol. The van der Waals surface area contributed by atoms with Crippen molar-refractivity contribution in [2.45, 2.75) is 19.8 Å². The molecule has 0 radical (unpaired) electrons. The Kier molecular flexibility index (Phi) is 3.29. The van der Waals surface area contributed by atoms with Gasteiger partial charge in [-0.15, -0.1) is 0 Å². The largest absolute Gasteiger partial charge is 0.370 e. The summed E-state index contributed by atoms with van der Waals surface area (Å²) in [6.45, 7) is 2.01. The van der Waals surface area contributed by atoms with E-state index in [1.807, 2.05) is 31.2 Å². The summed E-state index contributed by atoms with van der Waals surface area (Å²) in [5, 5.41) is 1.67. The SMILES string of the molecule is Cc1cc(CCC(N)=O)nc2c(Cl)cccc12. The number of aromatic nitrogens is 1. The van der Waals surface area contributed by atoms with Gasteiger partial charge < -0.3 is 5.73 Å². The lowest BCUT2D eigenvalue weighted by molar-refractivity contribution is -0.118. The highest BCUT2D eigenvalue weighted by Crippen LogP contribution is 2.24. The molecule has 2 aromatic rings. The minimum atomic E-state index is -0.316. The number of para-hydroxylation sites is 1. The zero-order chi connectivity index (χ0) is 12.4. The van der Waals surface area contributed by atoms with Gasteiger partial charge in [-0.25, -0.2) is 0 Å². The lowest BCUT2D eigenvalue weighted by Gasteiger charge is -2.06. The lowest BCUT2D eigenvalue weighted by atomic mass is 10.1. The third-order valence-corrected chi connectivity index (χ3v) is 2.98. The Morgan fingerprint density at radius 3 is 2.94 bits per heavy atom. The van der Waals surface area contributed by atoms with Gasteiger partial charge in [-0.1, -0.05) is 23.7 Å². The molecule has 0 bridgehead atoms. The number of rotatable bonds is 3. The van der Waals surface area contributed by atoms with E-state index in [1.54, 1.807) is 0 Å². The molecule has 17 heavy (non-hydrogen) atoms. The number of primary amides is 1. The van der Waals surface area contributed by atoms with Crippen molar-refractivity contribution < 1.29 is 4.79 Å². The molecule has 2 rings (SSSR count). The Morgan fingerprint density at radius 2 is 2.24 bits per heavy atom. The highest BCUT2D eigenvalue weighted by Gasteiger charge is 2.06. The molecule has 4 heteroatoms. The molecule has 2 N–H and O–H groups in total. The highest BCUT2D eigenvalue weighted by molar-refractivity contribution is 6.35. The normalized spacial score (nSPS) is 10.7. The van der Waals surface area contributed by atoms with Gasteiger partial charge in [-0.05, 0) is 31.0 Å². The molecule has 1 amide bonds. The van der Waals surface area contributed by atoms with Crippen LogP contribution in [0.4, 0.5) is 0 Å². The lowest BCUT2D eigenvalue weighted by Crippen LogP contribution is -2.11. The Balaban J connectivity index is 2.46. The van der Waals surface area contributed by atoms with E-state index >= 15 is 0 Å². The van der Waals surface area contributed by atoms with Gasteiger partial charge in [0.1, 0.15) is 0 Å². The van der Waals surface area contributed by atoms with E-state index in [-0.39, 0.29) is 5.91 Å². The Labute approximate surface area is 105 Å². The zero-order valence-electron chi connectivity index (χ0n) is 9.53. The number of hydrogen-bond donors (Lipinski definition) is 1. The van der Waals surface area contributed by atoms with Crippen molar-refractivity contribution in [3.63, 3.8) is 0 Å². The second-order valence-corrected chi connectivity index (χ2v) is 4.44. The first kappa shape index (κ1) is 11.9. The summed E-state index contributed by atoms with van der Waals surface area (Å²) in [6, 6.07) is 7.68. The van der Waals surface area contributed by atoms with E-state index in [1.165, 1.54) is 0 Å². The van der Waals surface area contributed by atoms with Gasteiger partial charge >= 0.3 is 0 Å². The number of aryl methyl sites for hydroxylation is 2. The Hall–Kier alpha value is -1.61. The van der Waals surface area contributed by atoms with E-state index in [0.717, 1.165) is 22.2 Å². The van der Waals surface area contributed by atoms with Crippen molar-refractivity contribution in [3.05, 3.63) is 40.5 Å². The molecule has 0 fully saturated rings. The van der Waals surface area contributed by atoms with E-state index in [9.17, 15) is 4.79 Å². The maximum absolute atomic E-state index is 10.8. The minimum absolute atomic E-state index is 0.308. The number of carbonyl (C=O) groups excluding carboxylic acids is 1. The van der Waals surface area contributed by atoms with Crippen LogP contribution in [-0.2, 0) is 11.2 Å². The van der Waals surface area contributed by atoms with Gasteiger partial charge in [0.25, 0.3) is 0 Å². The number of pyridine rings is 1. The zero-order valence-corrected chi connectivity index (χ0v) is 10.3. The van der Waals surface area contributed by atoms with E-state index in [4.69, 9.17) is 17.3 Å². The average molecular weight is 249 g/mol. The van der Waals surface area contributed by atoms with Crippen LogP contribution in [0.15, 0.2) is 24.3 Å². The first-order valence-corrected chi connectivity index (χ1v) is 5.79. The topological polar surface area (TPSA) is 56.0 Å². The Bertz CT molecular complexity index is 581. The molecule has 1 aromatic carbocycles. The Morgan fingerprint density at radius 1 is 1.47 bits per heavy atom. The number of hydrogen-bond acceptors (Lipinski definition) is 2. The monoisotopic (exact) mass is 248 g/mol. The summed E-state index contributed by atoms with van der Waals surface area (Å²) in [5.41, 5.74) is 7.87. The number of amides is 1. The van der Waals surface area contributed by atoms with Gasteiger partial charge in [-0.2, -0.15) is 0 Å². The number of halogens is 1. The second kappa shape index (κ2) is 4.72. The third kappa shape index (κ3) is 2.56. The van der Waals surface area contributed by atoms with Gasteiger partial charge in [0.15, 0.2) is 0 Å². The summed E-state index contributed by atoms with van der Waals surface area (Å²) in [4.78, 5) is 15.2. The fourth-order valence-electron chi connectivity index (χ4n) is 1.83. The molecule has 0 aliphatic heterocycles. The number of benzene rings is 1. The van der Waals surface area contributed by atoms with E-state index in [0.29, 0.717) is 17.9 Å². The smallest absolute Gasteiger partial charge is 0.217 e. The summed E-state index contributed by atoms with van der Waals surface area (Å²) < 4.78 is 0. The molecule has 0 aliphatic rings. The third-order valence-electron chi connectivity index (χ3n) is 2.68. The second-order valence-electron chi connectivity index (χ2n) is 4.03. The summed E-state index contributed by atoms with van der Waals surface area (Å²) in [5.74, 6) is -0.316. The molecular formula is C13H13ClN2O. The molecule has 3 nitrogen and oxygen atoms in total. The molecule has 0 spiro atoms. The number of nitrogens with zero attached hydrogens (tertiary/aromatic N) is 1. The van der Waals surface area contributed by atoms with Crippen molar-refractivity contribution in [3.8, 4) is 0 Å². The minimum Gasteiger partial charge on any atom is -0.370 e. The number of nitrogens with two attached hydrogens (primary N) is 1. The number of carbonyl (C=O) groups is 1. The van der Waals surface area contributed by atoms with Crippen LogP contribution in [0, 0.1) is 6.92 Å². The molecule has 0 saturated carbocycles. The van der Waals surface area contributed by atoms with Crippen molar-refractivity contribution in [1.29, 1.82) is 0 Å².